The summed E-state index contributed by atoms with van der Waals surface area (Å²) >= 11 is 0. The fraction of sp³-hybridized carbons (Fsp3) is 0.0714. The summed E-state index contributed by atoms with van der Waals surface area (Å²) in [6, 6.07) is 9.48. The quantitative estimate of drug-likeness (QED) is 0.591. The zero-order chi connectivity index (χ0) is 14.4. The third-order valence-electron chi connectivity index (χ3n) is 2.55. The molecule has 0 saturated heterocycles. The molecule has 1 heterocycles. The number of nitrogens with one attached hydrogen (secondary N) is 2. The van der Waals surface area contributed by atoms with Crippen LogP contribution in [0.2, 0.25) is 0 Å². The van der Waals surface area contributed by atoms with E-state index in [9.17, 15) is 9.90 Å². The minimum atomic E-state index is -0.436. The third kappa shape index (κ3) is 3.81. The Morgan fingerprint density at radius 2 is 1.80 bits per heavy atom. The largest absolute Gasteiger partial charge is 0.508 e. The van der Waals surface area contributed by atoms with Gasteiger partial charge in [-0.3, -0.25) is 4.98 Å². The molecule has 0 radical (unpaired) electrons. The predicted molar refractivity (Wildman–Crippen MR) is 76.7 cm³/mol. The Bertz CT molecular complexity index is 609. The molecule has 20 heavy (non-hydrogen) atoms. The Balaban J connectivity index is 1.95. The Hall–Kier alpha value is -2.89. The van der Waals surface area contributed by atoms with Crippen LogP contribution < -0.4 is 10.7 Å². The Kier molecular flexibility index (Phi) is 4.28. The maximum absolute atomic E-state index is 11.6. The van der Waals surface area contributed by atoms with Gasteiger partial charge in [0.05, 0.1) is 5.71 Å². The van der Waals surface area contributed by atoms with Crippen molar-refractivity contribution in [2.45, 2.75) is 6.92 Å². The van der Waals surface area contributed by atoms with Crippen LogP contribution in [0.1, 0.15) is 12.5 Å². The molecular formula is C14H14N4O2. The van der Waals surface area contributed by atoms with E-state index >= 15 is 0 Å². The summed E-state index contributed by atoms with van der Waals surface area (Å²) < 4.78 is 0. The fourth-order valence-corrected chi connectivity index (χ4v) is 1.50. The summed E-state index contributed by atoms with van der Waals surface area (Å²) in [7, 11) is 0. The maximum Gasteiger partial charge on any atom is 0.339 e. The smallest absolute Gasteiger partial charge is 0.339 e. The van der Waals surface area contributed by atoms with Gasteiger partial charge in [0, 0.05) is 18.1 Å². The van der Waals surface area contributed by atoms with Gasteiger partial charge in [-0.25, -0.2) is 10.2 Å². The summed E-state index contributed by atoms with van der Waals surface area (Å²) in [5.41, 5.74) is 4.48. The van der Waals surface area contributed by atoms with E-state index in [1.54, 1.807) is 55.7 Å². The first-order valence-corrected chi connectivity index (χ1v) is 5.96. The van der Waals surface area contributed by atoms with E-state index in [-0.39, 0.29) is 5.75 Å². The summed E-state index contributed by atoms with van der Waals surface area (Å²) in [5, 5.41) is 15.8. The average molecular weight is 270 g/mol. The zero-order valence-electron chi connectivity index (χ0n) is 10.9. The summed E-state index contributed by atoms with van der Waals surface area (Å²) in [6.07, 6.45) is 3.17. The number of nitrogens with zero attached hydrogens (tertiary/aromatic N) is 2. The Morgan fingerprint density at radius 1 is 1.15 bits per heavy atom. The molecule has 0 atom stereocenters. The van der Waals surface area contributed by atoms with Crippen LogP contribution in [0.4, 0.5) is 10.5 Å². The number of hydrazone groups is 1. The molecule has 6 heteroatoms. The predicted octanol–water partition coefficient (Wildman–Crippen LogP) is 2.33. The van der Waals surface area contributed by atoms with Gasteiger partial charge in [-0.05, 0) is 48.9 Å². The van der Waals surface area contributed by atoms with Crippen LogP contribution in [-0.2, 0) is 0 Å². The number of aromatic nitrogens is 1. The number of hydrogen-bond donors (Lipinski definition) is 3. The second kappa shape index (κ2) is 6.33. The maximum atomic E-state index is 11.6. The van der Waals surface area contributed by atoms with Gasteiger partial charge in [0.1, 0.15) is 5.75 Å². The molecule has 0 aliphatic heterocycles. The highest BCUT2D eigenvalue weighted by molar-refractivity contribution is 6.00. The van der Waals surface area contributed by atoms with Gasteiger partial charge in [-0.15, -0.1) is 0 Å². The van der Waals surface area contributed by atoms with E-state index in [2.05, 4.69) is 20.8 Å². The molecule has 6 nitrogen and oxygen atoms in total. The van der Waals surface area contributed by atoms with Crippen LogP contribution in [0.25, 0.3) is 0 Å². The van der Waals surface area contributed by atoms with E-state index in [0.29, 0.717) is 11.4 Å². The van der Waals surface area contributed by atoms with Crippen molar-refractivity contribution < 1.29 is 9.90 Å². The number of amides is 2. The van der Waals surface area contributed by atoms with E-state index in [1.807, 2.05) is 0 Å². The monoisotopic (exact) mass is 270 g/mol. The number of rotatable bonds is 3. The van der Waals surface area contributed by atoms with Crippen LogP contribution in [-0.4, -0.2) is 21.8 Å². The number of urea groups is 1. The first-order chi connectivity index (χ1) is 9.65. The number of benzene rings is 1. The van der Waals surface area contributed by atoms with Crippen molar-refractivity contribution >= 4 is 17.4 Å². The number of pyridine rings is 1. The lowest BCUT2D eigenvalue weighted by molar-refractivity contribution is 0.252. The minimum absolute atomic E-state index is 0.185. The number of hydrogen-bond acceptors (Lipinski definition) is 4. The highest BCUT2D eigenvalue weighted by Gasteiger charge is 2.01. The number of phenols is 1. The first kappa shape index (κ1) is 13.5. The van der Waals surface area contributed by atoms with E-state index in [1.165, 1.54) is 0 Å². The fourth-order valence-electron chi connectivity index (χ4n) is 1.50. The molecule has 0 saturated carbocycles. The lowest BCUT2D eigenvalue weighted by atomic mass is 10.1. The molecule has 2 aromatic rings. The lowest BCUT2D eigenvalue weighted by Crippen LogP contribution is -2.25. The molecule has 0 unspecified atom stereocenters. The number of carbonyl (C=O) groups is 1. The molecule has 1 aromatic carbocycles. The van der Waals surface area contributed by atoms with Crippen molar-refractivity contribution in [1.29, 1.82) is 0 Å². The van der Waals surface area contributed by atoms with Crippen LogP contribution in [0.15, 0.2) is 53.9 Å². The van der Waals surface area contributed by atoms with Gasteiger partial charge in [0.2, 0.25) is 0 Å². The second-order valence-electron chi connectivity index (χ2n) is 4.05. The second-order valence-corrected chi connectivity index (χ2v) is 4.05. The molecule has 1 aromatic heterocycles. The number of aromatic hydroxyl groups is 1. The topological polar surface area (TPSA) is 86.6 Å². The molecule has 0 aliphatic carbocycles. The Labute approximate surface area is 116 Å². The standard InChI is InChI=1S/C14H14N4O2/c1-10(11-2-4-13(19)5-3-11)17-18-14(20)16-12-6-8-15-9-7-12/h2-9,19H,1H3,(H2,15,16,18,20)/b17-10+. The molecule has 0 fully saturated rings. The van der Waals surface area contributed by atoms with Crippen LogP contribution >= 0.6 is 0 Å². The summed E-state index contributed by atoms with van der Waals surface area (Å²) in [5.74, 6) is 0.185. The molecular weight excluding hydrogens is 256 g/mol. The molecule has 3 N–H and O–H groups in total. The van der Waals surface area contributed by atoms with Crippen LogP contribution in [0.3, 0.4) is 0 Å². The molecule has 0 aliphatic rings. The van der Waals surface area contributed by atoms with Crippen LogP contribution in [0.5, 0.6) is 5.75 Å². The van der Waals surface area contributed by atoms with Gasteiger partial charge in [0.15, 0.2) is 0 Å². The first-order valence-electron chi connectivity index (χ1n) is 5.96. The Morgan fingerprint density at radius 3 is 2.45 bits per heavy atom. The third-order valence-corrected chi connectivity index (χ3v) is 2.55. The van der Waals surface area contributed by atoms with Gasteiger partial charge in [0.25, 0.3) is 0 Å². The molecule has 2 amide bonds. The van der Waals surface area contributed by atoms with Crippen molar-refractivity contribution in [2.75, 3.05) is 5.32 Å². The summed E-state index contributed by atoms with van der Waals surface area (Å²) in [4.78, 5) is 15.5. The number of carbonyl (C=O) groups excluding carboxylic acids is 1. The van der Waals surface area contributed by atoms with Crippen molar-refractivity contribution in [3.8, 4) is 5.75 Å². The van der Waals surface area contributed by atoms with Crippen molar-refractivity contribution in [1.82, 2.24) is 10.4 Å². The van der Waals surface area contributed by atoms with Gasteiger partial charge >= 0.3 is 6.03 Å². The van der Waals surface area contributed by atoms with Gasteiger partial charge in [-0.1, -0.05) is 0 Å². The lowest BCUT2D eigenvalue weighted by Gasteiger charge is -2.05. The molecule has 2 rings (SSSR count). The van der Waals surface area contributed by atoms with Crippen LogP contribution in [0, 0.1) is 0 Å². The van der Waals surface area contributed by atoms with E-state index in [0.717, 1.165) is 5.56 Å². The highest BCUT2D eigenvalue weighted by Crippen LogP contribution is 2.10. The van der Waals surface area contributed by atoms with E-state index in [4.69, 9.17) is 0 Å². The van der Waals surface area contributed by atoms with Gasteiger partial charge in [-0.2, -0.15) is 5.10 Å². The molecule has 102 valence electrons. The van der Waals surface area contributed by atoms with Gasteiger partial charge < -0.3 is 10.4 Å². The molecule has 0 bridgehead atoms. The minimum Gasteiger partial charge on any atom is -0.508 e. The summed E-state index contributed by atoms with van der Waals surface area (Å²) in [6.45, 7) is 1.76. The molecule has 0 spiro atoms. The number of phenolic OH excluding ortho intramolecular Hbond substituents is 1. The van der Waals surface area contributed by atoms with Crippen molar-refractivity contribution in [3.05, 3.63) is 54.4 Å². The average Bonchev–Trinajstić information content (AvgIpc) is 2.46. The zero-order valence-corrected chi connectivity index (χ0v) is 10.9. The van der Waals surface area contributed by atoms with Crippen molar-refractivity contribution in [2.24, 2.45) is 5.10 Å². The normalized spacial score (nSPS) is 10.9. The number of anilines is 1. The van der Waals surface area contributed by atoms with E-state index < -0.39 is 6.03 Å². The highest BCUT2D eigenvalue weighted by atomic mass is 16.3. The SMILES string of the molecule is C/C(=N\NC(=O)Nc1ccncc1)c1ccc(O)cc1. The van der Waals surface area contributed by atoms with Crippen molar-refractivity contribution in [3.63, 3.8) is 0 Å².